The molecule has 10 aromatic rings. The third-order valence-corrected chi connectivity index (χ3v) is 13.4. The van der Waals surface area contributed by atoms with Crippen LogP contribution in [0.15, 0.2) is 212 Å². The second-order valence-corrected chi connectivity index (χ2v) is 17.2. The van der Waals surface area contributed by atoms with Crippen LogP contribution in [-0.4, -0.2) is 15.0 Å². The summed E-state index contributed by atoms with van der Waals surface area (Å²) in [5.74, 6) is 1.96. The van der Waals surface area contributed by atoms with Crippen LogP contribution in [0.5, 0.6) is 0 Å². The number of hydrogen-bond acceptors (Lipinski definition) is 3. The average Bonchev–Trinajstić information content (AvgIpc) is 3.63. The van der Waals surface area contributed by atoms with E-state index in [4.69, 9.17) is 15.0 Å². The maximum Gasteiger partial charge on any atom is 0.164 e. The van der Waals surface area contributed by atoms with Crippen LogP contribution in [0.1, 0.15) is 47.2 Å². The van der Waals surface area contributed by atoms with Gasteiger partial charge in [0.05, 0.1) is 5.41 Å². The van der Waals surface area contributed by atoms with Crippen LogP contribution in [0.2, 0.25) is 0 Å². The van der Waals surface area contributed by atoms with Gasteiger partial charge in [-0.15, -0.1) is 0 Å². The van der Waals surface area contributed by atoms with E-state index in [1.165, 1.54) is 66.4 Å². The fourth-order valence-corrected chi connectivity index (χ4v) is 10.4. The van der Waals surface area contributed by atoms with E-state index in [1.807, 2.05) is 60.7 Å². The summed E-state index contributed by atoms with van der Waals surface area (Å²) in [6.45, 7) is 4.76. The molecular formula is C59H41N3. The van der Waals surface area contributed by atoms with E-state index in [1.54, 1.807) is 0 Å². The minimum absolute atomic E-state index is 0.114. The van der Waals surface area contributed by atoms with Gasteiger partial charge < -0.3 is 0 Å². The van der Waals surface area contributed by atoms with Gasteiger partial charge in [0.15, 0.2) is 17.5 Å². The van der Waals surface area contributed by atoms with Crippen molar-refractivity contribution in [3.05, 3.63) is 246 Å². The monoisotopic (exact) mass is 791 g/mol. The predicted octanol–water partition coefficient (Wildman–Crippen LogP) is 14.4. The summed E-state index contributed by atoms with van der Waals surface area (Å²) < 4.78 is 0. The molecule has 0 fully saturated rings. The highest BCUT2D eigenvalue weighted by Crippen LogP contribution is 2.62. The number of benzene rings is 9. The Morgan fingerprint density at radius 2 is 0.677 bits per heavy atom. The summed E-state index contributed by atoms with van der Waals surface area (Å²) in [7, 11) is 0. The van der Waals surface area contributed by atoms with E-state index < -0.39 is 0 Å². The Balaban J connectivity index is 0.920. The van der Waals surface area contributed by atoms with Crippen LogP contribution < -0.4 is 0 Å². The molecule has 12 rings (SSSR count). The summed E-state index contributed by atoms with van der Waals surface area (Å²) in [6.07, 6.45) is 0. The number of rotatable bonds is 5. The van der Waals surface area contributed by atoms with Crippen LogP contribution in [0, 0.1) is 0 Å². The van der Waals surface area contributed by atoms with Crippen LogP contribution in [0.4, 0.5) is 0 Å². The van der Waals surface area contributed by atoms with Crippen LogP contribution in [-0.2, 0) is 10.8 Å². The van der Waals surface area contributed by atoms with Crippen molar-refractivity contribution in [1.82, 2.24) is 15.0 Å². The van der Waals surface area contributed by atoms with Crippen LogP contribution >= 0.6 is 0 Å². The first kappa shape index (κ1) is 36.1. The van der Waals surface area contributed by atoms with Gasteiger partial charge in [-0.05, 0) is 102 Å². The molecule has 292 valence electrons. The second-order valence-electron chi connectivity index (χ2n) is 17.2. The van der Waals surface area contributed by atoms with Gasteiger partial charge in [0, 0.05) is 22.1 Å². The maximum atomic E-state index is 4.99. The Morgan fingerprint density at radius 1 is 0.274 bits per heavy atom. The molecule has 3 nitrogen and oxygen atoms in total. The van der Waals surface area contributed by atoms with Gasteiger partial charge >= 0.3 is 0 Å². The fourth-order valence-electron chi connectivity index (χ4n) is 10.4. The lowest BCUT2D eigenvalue weighted by Gasteiger charge is -2.46. The first-order chi connectivity index (χ1) is 30.5. The standard InChI is InChI=1S/C59H41N3/c1-58(2)51-24-11-13-26-53(51)59(54-27-14-12-25-52(54)58)49-23-10-9-22-47(49)48-37-45(32-33-50(48)59)44-31-30-42-34-41(28-29-43(42)35-44)40-20-15-21-46(36-40)57-61-55(38-16-5-3-6-17-38)60-56(62-57)39-18-7-4-8-19-39/h3-37H,1-2H3. The van der Waals surface area contributed by atoms with E-state index in [-0.39, 0.29) is 10.8 Å². The minimum Gasteiger partial charge on any atom is -0.208 e. The maximum absolute atomic E-state index is 4.99. The molecule has 0 amide bonds. The van der Waals surface area contributed by atoms with Crippen molar-refractivity contribution in [2.75, 3.05) is 0 Å². The predicted molar refractivity (Wildman–Crippen MR) is 254 cm³/mol. The Hall–Kier alpha value is -7.75. The summed E-state index contributed by atoms with van der Waals surface area (Å²) in [6, 6.07) is 76.9. The molecule has 0 aliphatic heterocycles. The number of nitrogens with zero attached hydrogens (tertiary/aromatic N) is 3. The lowest BCUT2D eigenvalue weighted by atomic mass is 9.55. The molecule has 1 spiro atoms. The molecule has 62 heavy (non-hydrogen) atoms. The molecule has 3 heteroatoms. The molecule has 0 radical (unpaired) electrons. The normalized spacial score (nSPS) is 13.9. The Bertz CT molecular complexity index is 3280. The van der Waals surface area contributed by atoms with Crippen LogP contribution in [0.3, 0.4) is 0 Å². The summed E-state index contributed by atoms with van der Waals surface area (Å²) in [4.78, 5) is 14.9. The average molecular weight is 792 g/mol. The van der Waals surface area contributed by atoms with Crippen molar-refractivity contribution in [2.24, 2.45) is 0 Å². The topological polar surface area (TPSA) is 38.7 Å². The molecule has 0 atom stereocenters. The molecule has 1 aromatic heterocycles. The zero-order valence-electron chi connectivity index (χ0n) is 34.5. The summed E-state index contributed by atoms with van der Waals surface area (Å²) in [5, 5.41) is 2.40. The van der Waals surface area contributed by atoms with Crippen molar-refractivity contribution in [3.8, 4) is 67.5 Å². The zero-order valence-corrected chi connectivity index (χ0v) is 34.5. The smallest absolute Gasteiger partial charge is 0.164 e. The molecule has 0 saturated heterocycles. The lowest BCUT2D eigenvalue weighted by Crippen LogP contribution is -2.40. The highest BCUT2D eigenvalue weighted by atomic mass is 15.0. The SMILES string of the molecule is CC1(C)c2ccccc2C2(c3ccccc3-c3cc(-c4ccc5cc(-c6cccc(-c7nc(-c8ccccc8)nc(-c8ccccc8)n7)c6)ccc5c4)ccc32)c2ccccc21. The number of aromatic nitrogens is 3. The van der Waals surface area contributed by atoms with Crippen molar-refractivity contribution < 1.29 is 0 Å². The largest absolute Gasteiger partial charge is 0.208 e. The van der Waals surface area contributed by atoms with Crippen molar-refractivity contribution >= 4 is 10.8 Å². The molecular weight excluding hydrogens is 751 g/mol. The van der Waals surface area contributed by atoms with E-state index in [2.05, 4.69) is 166 Å². The van der Waals surface area contributed by atoms with Crippen molar-refractivity contribution in [1.29, 1.82) is 0 Å². The molecule has 9 aromatic carbocycles. The first-order valence-corrected chi connectivity index (χ1v) is 21.4. The van der Waals surface area contributed by atoms with Gasteiger partial charge in [-0.1, -0.05) is 202 Å². The minimum atomic E-state index is -0.387. The van der Waals surface area contributed by atoms with Gasteiger partial charge in [-0.2, -0.15) is 0 Å². The van der Waals surface area contributed by atoms with E-state index in [0.717, 1.165) is 27.8 Å². The third-order valence-electron chi connectivity index (χ3n) is 13.4. The first-order valence-electron chi connectivity index (χ1n) is 21.4. The van der Waals surface area contributed by atoms with Crippen molar-refractivity contribution in [3.63, 3.8) is 0 Å². The van der Waals surface area contributed by atoms with E-state index in [0.29, 0.717) is 17.5 Å². The van der Waals surface area contributed by atoms with Crippen LogP contribution in [0.25, 0.3) is 78.3 Å². The molecule has 2 aliphatic carbocycles. The fraction of sp³-hybridized carbons (Fsp3) is 0.0678. The molecule has 0 unspecified atom stereocenters. The molecule has 2 aliphatic rings. The quantitative estimate of drug-likeness (QED) is 0.174. The van der Waals surface area contributed by atoms with Crippen molar-refractivity contribution in [2.45, 2.75) is 24.7 Å². The van der Waals surface area contributed by atoms with Gasteiger partial charge in [-0.25, -0.2) is 15.0 Å². The van der Waals surface area contributed by atoms with E-state index >= 15 is 0 Å². The second kappa shape index (κ2) is 13.9. The highest BCUT2D eigenvalue weighted by Gasteiger charge is 2.53. The van der Waals surface area contributed by atoms with Gasteiger partial charge in [-0.3, -0.25) is 0 Å². The molecule has 1 heterocycles. The Labute approximate surface area is 362 Å². The highest BCUT2D eigenvalue weighted by molar-refractivity contribution is 5.94. The Morgan fingerprint density at radius 3 is 1.26 bits per heavy atom. The van der Waals surface area contributed by atoms with Gasteiger partial charge in [0.25, 0.3) is 0 Å². The Kier molecular flexibility index (Phi) is 8.10. The van der Waals surface area contributed by atoms with Gasteiger partial charge in [0.1, 0.15) is 0 Å². The third kappa shape index (κ3) is 5.48. The summed E-state index contributed by atoms with van der Waals surface area (Å²) >= 11 is 0. The number of hydrogen-bond donors (Lipinski definition) is 0. The molecule has 0 saturated carbocycles. The van der Waals surface area contributed by atoms with E-state index in [9.17, 15) is 0 Å². The molecule has 0 N–H and O–H groups in total. The summed E-state index contributed by atoms with van der Waals surface area (Å²) in [5.41, 5.74) is 17.9. The number of fused-ring (bicyclic) bond motifs is 10. The molecule has 0 bridgehead atoms. The van der Waals surface area contributed by atoms with Gasteiger partial charge in [0.2, 0.25) is 0 Å². The zero-order chi connectivity index (χ0) is 41.4. The lowest BCUT2D eigenvalue weighted by molar-refractivity contribution is 0.563.